The Kier molecular flexibility index (Phi) is 8.81. The van der Waals surface area contributed by atoms with Crippen LogP contribution in [0.25, 0.3) is 0 Å². The minimum Gasteiger partial charge on any atom is -0.478 e. The van der Waals surface area contributed by atoms with Crippen molar-refractivity contribution in [2.75, 3.05) is 6.61 Å². The molecule has 0 fully saturated rings. The molecule has 0 aliphatic carbocycles. The average molecular weight is 410 g/mol. The number of hydrogen-bond acceptors (Lipinski definition) is 5. The van der Waals surface area contributed by atoms with Gasteiger partial charge in [-0.3, -0.25) is 0 Å². The molecule has 0 spiro atoms. The van der Waals surface area contributed by atoms with E-state index < -0.39 is 11.9 Å². The molecule has 0 unspecified atom stereocenters. The molecular weight excluding hydrogens is 384 g/mol. The molecule has 158 valence electrons. The number of ether oxygens (including phenoxy) is 2. The zero-order valence-corrected chi connectivity index (χ0v) is 17.1. The quantitative estimate of drug-likeness (QED) is 0.247. The van der Waals surface area contributed by atoms with Gasteiger partial charge in [-0.05, 0) is 68.1 Å². The van der Waals surface area contributed by atoms with Gasteiger partial charge in [-0.15, -0.1) is 0 Å². The number of rotatable bonds is 11. The van der Waals surface area contributed by atoms with Crippen LogP contribution < -0.4 is 4.74 Å². The van der Waals surface area contributed by atoms with E-state index in [0.29, 0.717) is 23.5 Å². The maximum atomic E-state index is 12.2. The van der Waals surface area contributed by atoms with Crippen molar-refractivity contribution in [2.24, 2.45) is 0 Å². The van der Waals surface area contributed by atoms with Gasteiger partial charge in [-0.1, -0.05) is 31.6 Å². The highest BCUT2D eigenvalue weighted by Gasteiger charge is 2.10. The topological polar surface area (TPSA) is 89.9 Å². The zero-order valence-electron chi connectivity index (χ0n) is 17.1. The van der Waals surface area contributed by atoms with Crippen LogP contribution in [0.5, 0.6) is 5.75 Å². The molecule has 0 atom stereocenters. The number of benzene rings is 2. The highest BCUT2D eigenvalue weighted by Crippen LogP contribution is 2.16. The molecule has 0 aliphatic rings. The van der Waals surface area contributed by atoms with Crippen molar-refractivity contribution >= 4 is 17.9 Å². The Balaban J connectivity index is 1.70. The van der Waals surface area contributed by atoms with E-state index in [1.165, 1.54) is 24.3 Å². The fraction of sp³-hybridized carbons (Fsp3) is 0.292. The molecule has 0 amide bonds. The lowest BCUT2D eigenvalue weighted by atomic mass is 10.0. The van der Waals surface area contributed by atoms with E-state index in [9.17, 15) is 14.4 Å². The number of carboxylic acid groups (broad SMARTS) is 1. The Bertz CT molecular complexity index is 881. The summed E-state index contributed by atoms with van der Waals surface area (Å²) >= 11 is 0. The molecule has 2 aromatic rings. The minimum absolute atomic E-state index is 0.132. The first-order valence-electron chi connectivity index (χ1n) is 9.84. The summed E-state index contributed by atoms with van der Waals surface area (Å²) in [6, 6.07) is 12.9. The van der Waals surface area contributed by atoms with E-state index >= 15 is 0 Å². The first kappa shape index (κ1) is 22.9. The number of esters is 2. The van der Waals surface area contributed by atoms with Crippen LogP contribution in [0.1, 0.15) is 58.9 Å². The van der Waals surface area contributed by atoms with Crippen LogP contribution in [0.2, 0.25) is 0 Å². The number of unbranched alkanes of at least 4 members (excludes halogenated alkanes) is 3. The number of aromatic carboxylic acids is 1. The van der Waals surface area contributed by atoms with Gasteiger partial charge in [-0.25, -0.2) is 14.4 Å². The highest BCUT2D eigenvalue weighted by atomic mass is 16.5. The maximum Gasteiger partial charge on any atom is 0.343 e. The summed E-state index contributed by atoms with van der Waals surface area (Å²) in [7, 11) is 0. The Morgan fingerprint density at radius 2 is 1.47 bits per heavy atom. The van der Waals surface area contributed by atoms with Gasteiger partial charge in [0.15, 0.2) is 0 Å². The molecule has 0 aromatic heterocycles. The second-order valence-electron chi connectivity index (χ2n) is 7.00. The minimum atomic E-state index is -1.03. The monoisotopic (exact) mass is 410 g/mol. The summed E-state index contributed by atoms with van der Waals surface area (Å²) in [5.41, 5.74) is 2.11. The lowest BCUT2D eigenvalue weighted by Gasteiger charge is -2.07. The number of hydrogen-bond donors (Lipinski definition) is 1. The zero-order chi connectivity index (χ0) is 21.9. The Hall–Kier alpha value is -3.41. The number of aryl methyl sites for hydroxylation is 1. The van der Waals surface area contributed by atoms with Gasteiger partial charge in [-0.2, -0.15) is 0 Å². The number of carboxylic acids is 1. The van der Waals surface area contributed by atoms with E-state index in [1.807, 2.05) is 12.1 Å². The highest BCUT2D eigenvalue weighted by molar-refractivity contribution is 5.91. The van der Waals surface area contributed by atoms with Gasteiger partial charge >= 0.3 is 17.9 Å². The molecule has 0 saturated carbocycles. The molecule has 6 heteroatoms. The smallest absolute Gasteiger partial charge is 0.343 e. The first-order chi connectivity index (χ1) is 14.4. The summed E-state index contributed by atoms with van der Waals surface area (Å²) in [5, 5.41) is 8.89. The third kappa shape index (κ3) is 7.54. The predicted molar refractivity (Wildman–Crippen MR) is 113 cm³/mol. The molecule has 2 aromatic carbocycles. The SMILES string of the molecule is C=C(C)C(=O)OCCCCCCc1ccc(C(=O)Oc2ccc(C(=O)O)cc2)cc1. The van der Waals surface area contributed by atoms with Crippen molar-refractivity contribution in [2.45, 2.75) is 39.0 Å². The lowest BCUT2D eigenvalue weighted by molar-refractivity contribution is -0.139. The largest absolute Gasteiger partial charge is 0.478 e. The second-order valence-corrected chi connectivity index (χ2v) is 7.00. The van der Waals surface area contributed by atoms with Crippen LogP contribution in [-0.4, -0.2) is 29.6 Å². The van der Waals surface area contributed by atoms with Crippen molar-refractivity contribution in [1.82, 2.24) is 0 Å². The van der Waals surface area contributed by atoms with Gasteiger partial charge < -0.3 is 14.6 Å². The Morgan fingerprint density at radius 1 is 0.867 bits per heavy atom. The molecule has 0 radical (unpaired) electrons. The normalized spacial score (nSPS) is 10.3. The molecule has 30 heavy (non-hydrogen) atoms. The van der Waals surface area contributed by atoms with E-state index in [4.69, 9.17) is 14.6 Å². The van der Waals surface area contributed by atoms with Gasteiger partial charge in [0.2, 0.25) is 0 Å². The summed E-state index contributed by atoms with van der Waals surface area (Å²) in [5.74, 6) is -1.57. The van der Waals surface area contributed by atoms with Gasteiger partial charge in [0.05, 0.1) is 17.7 Å². The Morgan fingerprint density at radius 3 is 2.07 bits per heavy atom. The van der Waals surface area contributed by atoms with E-state index in [2.05, 4.69) is 6.58 Å². The van der Waals surface area contributed by atoms with Crippen LogP contribution in [0.15, 0.2) is 60.7 Å². The van der Waals surface area contributed by atoms with Gasteiger partial charge in [0, 0.05) is 5.57 Å². The third-order valence-corrected chi connectivity index (χ3v) is 4.44. The fourth-order valence-corrected chi connectivity index (χ4v) is 2.71. The summed E-state index contributed by atoms with van der Waals surface area (Å²) in [4.78, 5) is 34.3. The van der Waals surface area contributed by atoms with Crippen LogP contribution in [0.3, 0.4) is 0 Å². The van der Waals surface area contributed by atoms with Crippen molar-refractivity contribution in [3.63, 3.8) is 0 Å². The van der Waals surface area contributed by atoms with E-state index in [1.54, 1.807) is 19.1 Å². The van der Waals surface area contributed by atoms with Crippen LogP contribution >= 0.6 is 0 Å². The summed E-state index contributed by atoms with van der Waals surface area (Å²) in [6.07, 6.45) is 4.75. The van der Waals surface area contributed by atoms with Crippen molar-refractivity contribution in [3.05, 3.63) is 77.4 Å². The molecule has 0 bridgehead atoms. The van der Waals surface area contributed by atoms with Gasteiger partial charge in [0.25, 0.3) is 0 Å². The lowest BCUT2D eigenvalue weighted by Crippen LogP contribution is -2.08. The van der Waals surface area contributed by atoms with Crippen molar-refractivity contribution in [1.29, 1.82) is 0 Å². The molecular formula is C24H26O6. The number of carbonyl (C=O) groups excluding carboxylic acids is 2. The maximum absolute atomic E-state index is 12.2. The predicted octanol–water partition coefficient (Wildman–Crippen LogP) is 4.83. The van der Waals surface area contributed by atoms with Crippen molar-refractivity contribution < 1.29 is 29.0 Å². The molecule has 6 nitrogen and oxygen atoms in total. The summed E-state index contributed by atoms with van der Waals surface area (Å²) in [6.45, 7) is 5.59. The molecule has 0 saturated heterocycles. The van der Waals surface area contributed by atoms with Crippen LogP contribution in [0.4, 0.5) is 0 Å². The van der Waals surface area contributed by atoms with E-state index in [-0.39, 0.29) is 11.5 Å². The van der Waals surface area contributed by atoms with Crippen LogP contribution in [-0.2, 0) is 16.0 Å². The Labute approximate surface area is 176 Å². The molecule has 2 rings (SSSR count). The number of carbonyl (C=O) groups is 3. The van der Waals surface area contributed by atoms with Crippen LogP contribution in [0, 0.1) is 0 Å². The second kappa shape index (κ2) is 11.6. The summed E-state index contributed by atoms with van der Waals surface area (Å²) < 4.78 is 10.3. The van der Waals surface area contributed by atoms with E-state index in [0.717, 1.165) is 37.7 Å². The molecule has 1 N–H and O–H groups in total. The molecule has 0 heterocycles. The molecule has 0 aliphatic heterocycles. The average Bonchev–Trinajstić information content (AvgIpc) is 2.73. The standard InChI is InChI=1S/C24H26O6/c1-17(2)23(27)29-16-6-4-3-5-7-18-8-10-20(11-9-18)24(28)30-21-14-12-19(13-15-21)22(25)26/h8-15H,1,3-7,16H2,2H3,(H,25,26). The third-order valence-electron chi connectivity index (χ3n) is 4.44. The first-order valence-corrected chi connectivity index (χ1v) is 9.84. The van der Waals surface area contributed by atoms with Gasteiger partial charge in [0.1, 0.15) is 5.75 Å². The fourth-order valence-electron chi connectivity index (χ4n) is 2.71. The van der Waals surface area contributed by atoms with Crippen molar-refractivity contribution in [3.8, 4) is 5.75 Å².